The smallest absolute Gasteiger partial charge is 0.138 e. The van der Waals surface area contributed by atoms with E-state index in [1.165, 1.54) is 16.8 Å². The van der Waals surface area contributed by atoms with Crippen LogP contribution in [-0.2, 0) is 0 Å². The van der Waals surface area contributed by atoms with E-state index < -0.39 is 0 Å². The molecule has 2 heterocycles. The van der Waals surface area contributed by atoms with Crippen LogP contribution in [0.3, 0.4) is 0 Å². The molecule has 136 valence electrons. The second-order valence-electron chi connectivity index (χ2n) is 6.13. The molecule has 0 bridgehead atoms. The van der Waals surface area contributed by atoms with Crippen LogP contribution in [0.2, 0.25) is 0 Å². The number of piperazine rings is 1. The number of thiocarbonyl (C=S) groups is 1. The van der Waals surface area contributed by atoms with Gasteiger partial charge in [0, 0.05) is 50.0 Å². The molecule has 1 aromatic rings. The maximum atomic E-state index is 5.04. The van der Waals surface area contributed by atoms with Crippen molar-refractivity contribution in [2.75, 3.05) is 32.7 Å². The molecule has 0 aromatic carbocycles. The third kappa shape index (κ3) is 5.49. The summed E-state index contributed by atoms with van der Waals surface area (Å²) in [5, 5.41) is 6.45. The highest BCUT2D eigenvalue weighted by Crippen LogP contribution is 2.22. The Bertz CT molecular complexity index is 626. The Morgan fingerprint density at radius 1 is 1.28 bits per heavy atom. The second-order valence-corrected chi connectivity index (χ2v) is 7.23. The Labute approximate surface area is 160 Å². The molecular weight excluding hydrogens is 348 g/mol. The van der Waals surface area contributed by atoms with Gasteiger partial charge in [0.05, 0.1) is 11.2 Å². The average Bonchev–Trinajstić information content (AvgIpc) is 3.17. The summed E-state index contributed by atoms with van der Waals surface area (Å²) in [6.45, 7) is 17.7. The van der Waals surface area contributed by atoms with E-state index in [0.717, 1.165) is 56.3 Å². The minimum atomic E-state index is 0.859. The molecule has 6 heteroatoms. The molecular formula is C19H28N4S2. The lowest BCUT2D eigenvalue weighted by Gasteiger charge is -2.34. The number of rotatable bonds is 9. The largest absolute Gasteiger partial charge is 0.366 e. The van der Waals surface area contributed by atoms with Crippen molar-refractivity contribution in [2.24, 2.45) is 0 Å². The molecule has 1 saturated heterocycles. The van der Waals surface area contributed by atoms with Gasteiger partial charge >= 0.3 is 0 Å². The van der Waals surface area contributed by atoms with E-state index in [1.54, 1.807) is 16.8 Å². The zero-order valence-electron chi connectivity index (χ0n) is 15.3. The Balaban J connectivity index is 2.17. The van der Waals surface area contributed by atoms with Gasteiger partial charge in [-0.1, -0.05) is 44.8 Å². The summed E-state index contributed by atoms with van der Waals surface area (Å²) in [7, 11) is 0. The first-order chi connectivity index (χ1) is 12.1. The quantitative estimate of drug-likeness (QED) is 0.522. The summed E-state index contributed by atoms with van der Waals surface area (Å²) in [5.41, 5.74) is 6.32. The van der Waals surface area contributed by atoms with Crippen LogP contribution in [-0.4, -0.2) is 53.0 Å². The Hall–Kier alpha value is -1.50. The number of thiazole rings is 1. The van der Waals surface area contributed by atoms with Gasteiger partial charge in [0.1, 0.15) is 5.01 Å². The molecule has 1 fully saturated rings. The summed E-state index contributed by atoms with van der Waals surface area (Å²) in [6.07, 6.45) is 3.73. The molecule has 25 heavy (non-hydrogen) atoms. The SMILES string of the molecule is C=C(CC)/C(CC)=C(\CN1CCN(C=S)CC1)NC(=C)c1nccs1. The minimum absolute atomic E-state index is 0.859. The van der Waals surface area contributed by atoms with Crippen LogP contribution in [0.1, 0.15) is 31.7 Å². The average molecular weight is 377 g/mol. The summed E-state index contributed by atoms with van der Waals surface area (Å²) in [5.74, 6) is 0. The van der Waals surface area contributed by atoms with Gasteiger partial charge in [0.15, 0.2) is 0 Å². The lowest BCUT2D eigenvalue weighted by Crippen LogP contribution is -2.46. The second kappa shape index (κ2) is 9.85. The Kier molecular flexibility index (Phi) is 7.81. The van der Waals surface area contributed by atoms with Crippen LogP contribution < -0.4 is 5.32 Å². The molecule has 0 radical (unpaired) electrons. The van der Waals surface area contributed by atoms with E-state index in [9.17, 15) is 0 Å². The highest BCUT2D eigenvalue weighted by atomic mass is 32.1. The Morgan fingerprint density at radius 3 is 2.52 bits per heavy atom. The van der Waals surface area contributed by atoms with E-state index in [2.05, 4.69) is 47.1 Å². The van der Waals surface area contributed by atoms with Crippen molar-refractivity contribution in [3.05, 3.63) is 46.6 Å². The molecule has 0 aliphatic carbocycles. The predicted molar refractivity (Wildman–Crippen MR) is 113 cm³/mol. The highest BCUT2D eigenvalue weighted by molar-refractivity contribution is 7.78. The van der Waals surface area contributed by atoms with Crippen LogP contribution in [0.4, 0.5) is 0 Å². The number of aromatic nitrogens is 1. The number of hydrogen-bond donors (Lipinski definition) is 1. The van der Waals surface area contributed by atoms with E-state index in [1.807, 2.05) is 11.6 Å². The van der Waals surface area contributed by atoms with Crippen molar-refractivity contribution < 1.29 is 0 Å². The molecule has 4 nitrogen and oxygen atoms in total. The lowest BCUT2D eigenvalue weighted by molar-refractivity contribution is 0.197. The van der Waals surface area contributed by atoms with Crippen molar-refractivity contribution in [1.29, 1.82) is 0 Å². The molecule has 1 N–H and O–H groups in total. The fourth-order valence-corrected chi connectivity index (χ4v) is 3.74. The molecule has 2 rings (SSSR count). The number of nitrogens with zero attached hydrogens (tertiary/aromatic N) is 3. The Morgan fingerprint density at radius 2 is 2.00 bits per heavy atom. The van der Waals surface area contributed by atoms with Gasteiger partial charge in [-0.3, -0.25) is 4.90 Å². The number of hydrogen-bond acceptors (Lipinski definition) is 5. The third-order valence-corrected chi connectivity index (χ3v) is 5.63. The summed E-state index contributed by atoms with van der Waals surface area (Å²) in [4.78, 5) is 9.02. The molecule has 0 amide bonds. The molecule has 0 spiro atoms. The fraction of sp³-hybridized carbons (Fsp3) is 0.474. The maximum Gasteiger partial charge on any atom is 0.138 e. The molecule has 1 aliphatic heterocycles. The van der Waals surface area contributed by atoms with Crippen LogP contribution in [0.5, 0.6) is 0 Å². The molecule has 0 atom stereocenters. The normalized spacial score (nSPS) is 16.3. The minimum Gasteiger partial charge on any atom is -0.366 e. The predicted octanol–water partition coefficient (Wildman–Crippen LogP) is 3.91. The molecule has 1 aliphatic rings. The standard InChI is InChI=1S/C19H28N4S2/c1-5-15(3)17(6-2)18(21-16(4)19-20-7-12-25-19)13-22-8-10-23(14-24)11-9-22/h7,12,14,21H,3-6,8-11,13H2,1-2H3/b18-17+. The zero-order valence-corrected chi connectivity index (χ0v) is 16.9. The van der Waals surface area contributed by atoms with Crippen LogP contribution >= 0.6 is 23.6 Å². The van der Waals surface area contributed by atoms with Crippen molar-refractivity contribution >= 4 is 34.7 Å². The summed E-state index contributed by atoms with van der Waals surface area (Å²) < 4.78 is 0. The van der Waals surface area contributed by atoms with Gasteiger partial charge in [0.2, 0.25) is 0 Å². The number of nitrogens with one attached hydrogen (secondary N) is 1. The van der Waals surface area contributed by atoms with Gasteiger partial charge in [-0.25, -0.2) is 4.98 Å². The van der Waals surface area contributed by atoms with Gasteiger partial charge in [-0.15, -0.1) is 11.3 Å². The van der Waals surface area contributed by atoms with Crippen molar-refractivity contribution in [3.63, 3.8) is 0 Å². The highest BCUT2D eigenvalue weighted by Gasteiger charge is 2.18. The topological polar surface area (TPSA) is 31.4 Å². The van der Waals surface area contributed by atoms with Crippen LogP contribution in [0.25, 0.3) is 5.70 Å². The summed E-state index contributed by atoms with van der Waals surface area (Å²) in [6, 6.07) is 0. The monoisotopic (exact) mass is 376 g/mol. The van der Waals surface area contributed by atoms with Crippen molar-refractivity contribution in [2.45, 2.75) is 26.7 Å². The van der Waals surface area contributed by atoms with Gasteiger partial charge < -0.3 is 10.2 Å². The van der Waals surface area contributed by atoms with Crippen LogP contribution in [0.15, 0.2) is 41.6 Å². The summed E-state index contributed by atoms with van der Waals surface area (Å²) >= 11 is 6.64. The van der Waals surface area contributed by atoms with Crippen molar-refractivity contribution in [3.8, 4) is 0 Å². The van der Waals surface area contributed by atoms with Crippen molar-refractivity contribution in [1.82, 2.24) is 20.1 Å². The molecule has 0 unspecified atom stereocenters. The lowest BCUT2D eigenvalue weighted by atomic mass is 10.00. The third-order valence-electron chi connectivity index (χ3n) is 4.50. The van der Waals surface area contributed by atoms with E-state index >= 15 is 0 Å². The molecule has 1 aromatic heterocycles. The van der Waals surface area contributed by atoms with E-state index in [0.29, 0.717) is 0 Å². The van der Waals surface area contributed by atoms with Gasteiger partial charge in [-0.05, 0) is 18.4 Å². The first-order valence-corrected chi connectivity index (χ1v) is 10.1. The maximum absolute atomic E-state index is 5.04. The zero-order chi connectivity index (χ0) is 18.2. The van der Waals surface area contributed by atoms with Gasteiger partial charge in [-0.2, -0.15) is 0 Å². The van der Waals surface area contributed by atoms with Gasteiger partial charge in [0.25, 0.3) is 0 Å². The number of allylic oxidation sites excluding steroid dienone is 2. The van der Waals surface area contributed by atoms with Crippen LogP contribution in [0, 0.1) is 0 Å². The fourth-order valence-electron chi connectivity index (χ4n) is 2.96. The first kappa shape index (κ1) is 19.8. The van der Waals surface area contributed by atoms with E-state index in [-0.39, 0.29) is 0 Å². The molecule has 0 saturated carbocycles. The first-order valence-electron chi connectivity index (χ1n) is 8.76. The van der Waals surface area contributed by atoms with E-state index in [4.69, 9.17) is 12.2 Å².